The molecular formula is C25H35N5O6S. The molecule has 37 heavy (non-hydrogen) atoms. The third kappa shape index (κ3) is 5.82. The Bertz CT molecular complexity index is 1470. The molecule has 2 aromatic heterocycles. The first-order valence-corrected chi connectivity index (χ1v) is 14.1. The summed E-state index contributed by atoms with van der Waals surface area (Å²) < 4.78 is 42.8. The fraction of sp³-hybridized carbons (Fsp3) is 0.520. The van der Waals surface area contributed by atoms with Gasteiger partial charge in [-0.15, -0.1) is 0 Å². The Balaban J connectivity index is 1.72. The van der Waals surface area contributed by atoms with E-state index in [-0.39, 0.29) is 17.0 Å². The minimum Gasteiger partial charge on any atom is -0.493 e. The summed E-state index contributed by atoms with van der Waals surface area (Å²) in [5.41, 5.74) is 0.917. The lowest BCUT2D eigenvalue weighted by Gasteiger charge is -2.26. The molecule has 202 valence electrons. The van der Waals surface area contributed by atoms with Crippen molar-refractivity contribution in [1.82, 2.24) is 23.7 Å². The van der Waals surface area contributed by atoms with E-state index in [1.807, 2.05) is 13.8 Å². The molecule has 4 rings (SSSR count). The number of nitrogens with zero attached hydrogens (tertiary/aromatic N) is 3. The van der Waals surface area contributed by atoms with E-state index in [0.717, 1.165) is 24.1 Å². The molecule has 0 spiro atoms. The van der Waals surface area contributed by atoms with Crippen molar-refractivity contribution in [3.05, 3.63) is 45.1 Å². The topological polar surface area (TPSA) is 128 Å². The second kappa shape index (κ2) is 11.6. The van der Waals surface area contributed by atoms with Crippen LogP contribution in [0.5, 0.6) is 5.75 Å². The molecular weight excluding hydrogens is 498 g/mol. The number of morpholine rings is 1. The van der Waals surface area contributed by atoms with Gasteiger partial charge in [-0.1, -0.05) is 13.8 Å². The lowest BCUT2D eigenvalue weighted by molar-refractivity contribution is 0.0390. The van der Waals surface area contributed by atoms with E-state index in [1.54, 1.807) is 22.8 Å². The van der Waals surface area contributed by atoms with Crippen LogP contribution in [0.2, 0.25) is 0 Å². The van der Waals surface area contributed by atoms with Gasteiger partial charge in [-0.2, -0.15) is 0 Å². The van der Waals surface area contributed by atoms with E-state index in [9.17, 15) is 18.0 Å². The third-order valence-corrected chi connectivity index (χ3v) is 7.87. The maximum Gasteiger partial charge on any atom is 0.331 e. The van der Waals surface area contributed by atoms with Crippen molar-refractivity contribution < 1.29 is 17.9 Å². The lowest BCUT2D eigenvalue weighted by Crippen LogP contribution is -2.41. The van der Waals surface area contributed by atoms with Gasteiger partial charge in [-0.25, -0.2) is 17.9 Å². The van der Waals surface area contributed by atoms with Crippen LogP contribution in [-0.2, 0) is 28.4 Å². The molecule has 0 aliphatic carbocycles. The molecule has 2 N–H and O–H groups in total. The van der Waals surface area contributed by atoms with Gasteiger partial charge in [0, 0.05) is 45.3 Å². The van der Waals surface area contributed by atoms with Gasteiger partial charge in [0.2, 0.25) is 10.0 Å². The molecule has 12 heteroatoms. The number of ether oxygens (including phenoxy) is 2. The first-order chi connectivity index (χ1) is 17.8. The average Bonchev–Trinajstić information content (AvgIpc) is 3.34. The first kappa shape index (κ1) is 27.1. The average molecular weight is 534 g/mol. The third-order valence-electron chi connectivity index (χ3n) is 6.41. The predicted octanol–water partition coefficient (Wildman–Crippen LogP) is 1.50. The zero-order valence-corrected chi connectivity index (χ0v) is 22.4. The van der Waals surface area contributed by atoms with E-state index >= 15 is 0 Å². The highest BCUT2D eigenvalue weighted by atomic mass is 32.2. The highest BCUT2D eigenvalue weighted by Crippen LogP contribution is 2.33. The molecule has 0 radical (unpaired) electrons. The monoisotopic (exact) mass is 533 g/mol. The van der Waals surface area contributed by atoms with Crippen LogP contribution < -0.4 is 20.7 Å². The molecule has 0 saturated carbocycles. The van der Waals surface area contributed by atoms with E-state index in [0.29, 0.717) is 61.9 Å². The molecule has 1 aliphatic rings. The normalized spacial score (nSPS) is 14.9. The fourth-order valence-corrected chi connectivity index (χ4v) is 5.46. The summed E-state index contributed by atoms with van der Waals surface area (Å²) in [6, 6.07) is 6.40. The Hall–Kier alpha value is -2.93. The molecule has 0 bridgehead atoms. The van der Waals surface area contributed by atoms with Crippen LogP contribution >= 0.6 is 0 Å². The standard InChI is InChI=1S/C25H35N5O6S/c1-4-9-30-21-17-20(27-23(21)24(31)28(3)25(30)32)19-16-18(6-7-22(19)36-13-5-2)37(33,34)26-8-10-29-11-14-35-15-12-29/h6-7,16-17,26-27H,4-5,8-15H2,1-3H3. The molecule has 3 heterocycles. The highest BCUT2D eigenvalue weighted by Gasteiger charge is 2.21. The highest BCUT2D eigenvalue weighted by molar-refractivity contribution is 7.89. The van der Waals surface area contributed by atoms with Crippen molar-refractivity contribution in [2.24, 2.45) is 7.05 Å². The number of sulfonamides is 1. The predicted molar refractivity (Wildman–Crippen MR) is 142 cm³/mol. The summed E-state index contributed by atoms with van der Waals surface area (Å²) in [4.78, 5) is 31.0. The van der Waals surface area contributed by atoms with Crippen LogP contribution in [0, 0.1) is 0 Å². The van der Waals surface area contributed by atoms with E-state index in [1.165, 1.54) is 13.1 Å². The van der Waals surface area contributed by atoms with Crippen LogP contribution in [0.4, 0.5) is 0 Å². The maximum absolute atomic E-state index is 13.1. The quantitative estimate of drug-likeness (QED) is 0.382. The van der Waals surface area contributed by atoms with Crippen molar-refractivity contribution in [3.8, 4) is 17.0 Å². The molecule has 1 aliphatic heterocycles. The summed E-state index contributed by atoms with van der Waals surface area (Å²) in [5.74, 6) is 0.488. The van der Waals surface area contributed by atoms with Crippen LogP contribution in [0.15, 0.2) is 38.8 Å². The number of hydrogen-bond donors (Lipinski definition) is 2. The van der Waals surface area contributed by atoms with Crippen LogP contribution in [0.3, 0.4) is 0 Å². The fourth-order valence-electron chi connectivity index (χ4n) is 4.41. The van der Waals surface area contributed by atoms with Gasteiger partial charge in [0.25, 0.3) is 5.56 Å². The van der Waals surface area contributed by atoms with E-state index in [2.05, 4.69) is 14.6 Å². The Labute approximate surface area is 216 Å². The van der Waals surface area contributed by atoms with Crippen molar-refractivity contribution in [2.45, 2.75) is 38.1 Å². The number of aromatic amines is 1. The van der Waals surface area contributed by atoms with Crippen LogP contribution in [0.1, 0.15) is 26.7 Å². The second-order valence-electron chi connectivity index (χ2n) is 9.10. The van der Waals surface area contributed by atoms with Crippen molar-refractivity contribution in [2.75, 3.05) is 46.0 Å². The summed E-state index contributed by atoms with van der Waals surface area (Å²) in [5, 5.41) is 0. The van der Waals surface area contributed by atoms with Crippen LogP contribution in [-0.4, -0.2) is 73.4 Å². The van der Waals surface area contributed by atoms with Gasteiger partial charge in [-0.05, 0) is 37.1 Å². The molecule has 1 fully saturated rings. The number of aromatic nitrogens is 3. The number of fused-ring (bicyclic) bond motifs is 1. The van der Waals surface area contributed by atoms with Gasteiger partial charge >= 0.3 is 5.69 Å². The van der Waals surface area contributed by atoms with Gasteiger partial charge in [0.05, 0.1) is 35.9 Å². The van der Waals surface area contributed by atoms with Gasteiger partial charge in [0.15, 0.2) is 0 Å². The number of benzene rings is 1. The maximum atomic E-state index is 13.1. The molecule has 0 amide bonds. The molecule has 3 aromatic rings. The van der Waals surface area contributed by atoms with Crippen molar-refractivity contribution in [3.63, 3.8) is 0 Å². The zero-order valence-electron chi connectivity index (χ0n) is 21.6. The number of aryl methyl sites for hydroxylation is 1. The number of H-pyrrole nitrogens is 1. The summed E-state index contributed by atoms with van der Waals surface area (Å²) in [6.45, 7) is 8.54. The van der Waals surface area contributed by atoms with Crippen molar-refractivity contribution >= 4 is 21.1 Å². The SMILES string of the molecule is CCCOc1ccc(S(=O)(=O)NCCN2CCOCC2)cc1-c1cc2c([nH]1)c(=O)n(C)c(=O)n2CCC. The number of rotatable bonds is 11. The first-order valence-electron chi connectivity index (χ1n) is 12.7. The molecule has 1 saturated heterocycles. The lowest BCUT2D eigenvalue weighted by atomic mass is 10.1. The van der Waals surface area contributed by atoms with Crippen molar-refractivity contribution in [1.29, 1.82) is 0 Å². The van der Waals surface area contributed by atoms with Gasteiger partial charge in [0.1, 0.15) is 11.3 Å². The second-order valence-corrected chi connectivity index (χ2v) is 10.9. The minimum atomic E-state index is -3.80. The Morgan fingerprint density at radius 3 is 2.54 bits per heavy atom. The molecule has 1 aromatic carbocycles. The zero-order chi connectivity index (χ0) is 26.6. The Kier molecular flexibility index (Phi) is 8.53. The van der Waals surface area contributed by atoms with E-state index < -0.39 is 21.3 Å². The number of nitrogens with one attached hydrogen (secondary N) is 2. The Morgan fingerprint density at radius 2 is 1.84 bits per heavy atom. The Morgan fingerprint density at radius 1 is 1.08 bits per heavy atom. The summed E-state index contributed by atoms with van der Waals surface area (Å²) in [6.07, 6.45) is 1.48. The summed E-state index contributed by atoms with van der Waals surface area (Å²) in [7, 11) is -2.35. The largest absolute Gasteiger partial charge is 0.493 e. The summed E-state index contributed by atoms with van der Waals surface area (Å²) >= 11 is 0. The molecule has 0 atom stereocenters. The minimum absolute atomic E-state index is 0.0887. The molecule has 11 nitrogen and oxygen atoms in total. The molecule has 0 unspecified atom stereocenters. The van der Waals surface area contributed by atoms with Gasteiger partial charge < -0.3 is 14.5 Å². The van der Waals surface area contributed by atoms with E-state index in [4.69, 9.17) is 9.47 Å². The van der Waals surface area contributed by atoms with Gasteiger partial charge in [-0.3, -0.25) is 18.8 Å². The smallest absolute Gasteiger partial charge is 0.331 e. The number of hydrogen-bond acceptors (Lipinski definition) is 7. The van der Waals surface area contributed by atoms with Crippen LogP contribution in [0.25, 0.3) is 22.3 Å².